The molecule has 2 saturated heterocycles. The third kappa shape index (κ3) is 7.06. The lowest BCUT2D eigenvalue weighted by atomic mass is 9.77. The molecule has 0 aliphatic carbocycles. The number of benzene rings is 2. The smallest absolute Gasteiger partial charge is 0.313 e. The van der Waals surface area contributed by atoms with Crippen molar-refractivity contribution in [1.82, 2.24) is 15.1 Å². The number of unbranched alkanes of at least 4 members (excludes halogenated alkanes) is 2. The molecule has 0 aromatic heterocycles. The van der Waals surface area contributed by atoms with E-state index in [1.54, 1.807) is 22.0 Å². The fraction of sp³-hybridized carbons (Fsp3) is 0.474. The van der Waals surface area contributed by atoms with Gasteiger partial charge in [-0.2, -0.15) is 0 Å². The van der Waals surface area contributed by atoms with Gasteiger partial charge < -0.3 is 34.4 Å². The monoisotopic (exact) mass is 671 g/mol. The molecule has 2 aromatic rings. The summed E-state index contributed by atoms with van der Waals surface area (Å²) in [7, 11) is 1.52. The first kappa shape index (κ1) is 34.5. The fourth-order valence-electron chi connectivity index (χ4n) is 7.69. The van der Waals surface area contributed by atoms with Crippen LogP contribution < -0.4 is 5.32 Å². The van der Waals surface area contributed by atoms with E-state index >= 15 is 0 Å². The maximum Gasteiger partial charge on any atom is 0.313 e. The van der Waals surface area contributed by atoms with Crippen molar-refractivity contribution >= 4 is 23.7 Å². The summed E-state index contributed by atoms with van der Waals surface area (Å²) in [5.74, 6) is -3.54. The summed E-state index contributed by atoms with van der Waals surface area (Å²) in [5.41, 5.74) is 0.201. The topological polar surface area (TPSA) is 135 Å². The third-order valence-corrected chi connectivity index (χ3v) is 9.92. The zero-order valence-corrected chi connectivity index (χ0v) is 27.8. The number of carbonyl (C=O) groups excluding carboxylic acids is 4. The van der Waals surface area contributed by atoms with E-state index in [2.05, 4.69) is 5.32 Å². The normalized spacial score (nSPS) is 30.7. The molecule has 4 aliphatic rings. The zero-order chi connectivity index (χ0) is 34.4. The molecule has 11 nitrogen and oxygen atoms in total. The van der Waals surface area contributed by atoms with Gasteiger partial charge in [0.2, 0.25) is 17.7 Å². The Labute approximate surface area is 286 Å². The summed E-state index contributed by atoms with van der Waals surface area (Å²) in [4.78, 5) is 60.1. The summed E-state index contributed by atoms with van der Waals surface area (Å²) in [6, 6.07) is 17.1. The number of aliphatic hydroxyl groups excluding tert-OH is 1. The van der Waals surface area contributed by atoms with Crippen molar-refractivity contribution in [1.29, 1.82) is 0 Å². The van der Waals surface area contributed by atoms with Crippen LogP contribution in [-0.4, -0.2) is 95.8 Å². The van der Waals surface area contributed by atoms with Crippen molar-refractivity contribution in [2.45, 2.75) is 68.5 Å². The van der Waals surface area contributed by atoms with Gasteiger partial charge in [-0.3, -0.25) is 19.2 Å². The molecule has 49 heavy (non-hydrogen) atoms. The molecule has 0 bridgehead atoms. The van der Waals surface area contributed by atoms with Crippen LogP contribution in [0.4, 0.5) is 0 Å². The fourth-order valence-corrected chi connectivity index (χ4v) is 7.69. The summed E-state index contributed by atoms with van der Waals surface area (Å²) < 4.78 is 18.6. The van der Waals surface area contributed by atoms with Crippen LogP contribution in [0.15, 0.2) is 85.0 Å². The van der Waals surface area contributed by atoms with Crippen molar-refractivity contribution in [3.63, 3.8) is 0 Å². The third-order valence-electron chi connectivity index (χ3n) is 9.92. The lowest BCUT2D eigenvalue weighted by molar-refractivity contribution is -0.162. The average Bonchev–Trinajstić information content (AvgIpc) is 3.49. The van der Waals surface area contributed by atoms with Gasteiger partial charge in [0.1, 0.15) is 23.7 Å². The van der Waals surface area contributed by atoms with Crippen LogP contribution in [0.5, 0.6) is 0 Å². The van der Waals surface area contributed by atoms with Crippen molar-refractivity contribution in [3.8, 4) is 0 Å². The van der Waals surface area contributed by atoms with E-state index in [1.807, 2.05) is 72.8 Å². The van der Waals surface area contributed by atoms with Crippen LogP contribution in [-0.2, 0) is 39.9 Å². The van der Waals surface area contributed by atoms with Gasteiger partial charge in [-0.05, 0) is 36.8 Å². The van der Waals surface area contributed by atoms with Gasteiger partial charge in [0.15, 0.2) is 0 Å². The summed E-state index contributed by atoms with van der Waals surface area (Å²) >= 11 is 0. The predicted molar refractivity (Wildman–Crippen MR) is 179 cm³/mol. The number of cyclic esters (lactones) is 1. The van der Waals surface area contributed by atoms with E-state index < -0.39 is 47.7 Å². The van der Waals surface area contributed by atoms with Crippen LogP contribution in [0.3, 0.4) is 0 Å². The van der Waals surface area contributed by atoms with Gasteiger partial charge in [0.25, 0.3) is 0 Å². The van der Waals surface area contributed by atoms with Gasteiger partial charge >= 0.3 is 5.97 Å². The summed E-state index contributed by atoms with van der Waals surface area (Å²) in [6.07, 6.45) is 7.82. The Morgan fingerprint density at radius 2 is 1.71 bits per heavy atom. The first-order chi connectivity index (χ1) is 23.9. The molecule has 0 unspecified atom stereocenters. The second-order valence-electron chi connectivity index (χ2n) is 13.1. The molecule has 0 radical (unpaired) electrons. The molecule has 11 heteroatoms. The van der Waals surface area contributed by atoms with Crippen LogP contribution in [0.25, 0.3) is 0 Å². The number of likely N-dealkylation sites (tertiary alicyclic amines) is 1. The Bertz CT molecular complexity index is 1550. The first-order valence-electron chi connectivity index (χ1n) is 17.2. The van der Waals surface area contributed by atoms with Gasteiger partial charge in [0, 0.05) is 39.8 Å². The lowest BCUT2D eigenvalue weighted by Gasteiger charge is -2.35. The molecule has 3 amide bonds. The Balaban J connectivity index is 1.40. The number of aliphatic hydroxyl groups is 1. The minimum atomic E-state index is -1.42. The molecule has 4 heterocycles. The molecular formula is C38H45N3O8. The van der Waals surface area contributed by atoms with Crippen LogP contribution in [0.1, 0.15) is 49.3 Å². The molecule has 2 fully saturated rings. The van der Waals surface area contributed by atoms with Crippen molar-refractivity contribution in [2.24, 2.45) is 11.8 Å². The van der Waals surface area contributed by atoms with E-state index in [0.29, 0.717) is 44.3 Å². The Kier molecular flexibility index (Phi) is 10.9. The number of amides is 3. The van der Waals surface area contributed by atoms with Gasteiger partial charge in [-0.25, -0.2) is 0 Å². The molecular weight excluding hydrogens is 626 g/mol. The highest BCUT2D eigenvalue weighted by atomic mass is 16.6. The number of methoxy groups -OCH3 is 1. The van der Waals surface area contributed by atoms with E-state index in [4.69, 9.17) is 14.2 Å². The minimum absolute atomic E-state index is 0.0363. The standard InChI is InChI=1S/C38H45N3O8/c1-47-25-28-33(27-16-7-3-8-17-27)48-37(46)31-29(18-9-10-19-30(43)39-28)49-38-20-13-21-40(24-26-14-5-2-6-15-26)36(45)34(38)41(35(44)32(31)38)22-11-4-12-23-42/h2-3,5-9,13-18,20,28-29,31-34,42H,4,10-12,19,21-25H2,1H3,(H,39,43)/b18-9-/t28-,29-,31+,32+,33-,34-,38+/m0/s1. The molecule has 1 spiro atoms. The van der Waals surface area contributed by atoms with Gasteiger partial charge in [-0.15, -0.1) is 0 Å². The number of rotatable bonds is 10. The average molecular weight is 672 g/mol. The summed E-state index contributed by atoms with van der Waals surface area (Å²) in [6.45, 7) is 1.06. The maximum absolute atomic E-state index is 14.7. The highest BCUT2D eigenvalue weighted by Gasteiger charge is 2.71. The van der Waals surface area contributed by atoms with E-state index in [1.165, 1.54) is 7.11 Å². The number of hydrogen-bond acceptors (Lipinski definition) is 8. The second-order valence-corrected chi connectivity index (χ2v) is 13.1. The molecule has 260 valence electrons. The molecule has 2 N–H and O–H groups in total. The molecule has 6 rings (SSSR count). The second kappa shape index (κ2) is 15.5. The van der Waals surface area contributed by atoms with E-state index in [0.717, 1.165) is 5.56 Å². The molecule has 0 saturated carbocycles. The lowest BCUT2D eigenvalue weighted by Crippen LogP contribution is -2.55. The van der Waals surface area contributed by atoms with Crippen LogP contribution in [0.2, 0.25) is 0 Å². The van der Waals surface area contributed by atoms with Gasteiger partial charge in [0.05, 0.1) is 24.7 Å². The highest BCUT2D eigenvalue weighted by Crippen LogP contribution is 2.53. The minimum Gasteiger partial charge on any atom is -0.455 e. The number of nitrogens with zero attached hydrogens (tertiary/aromatic N) is 2. The number of esters is 1. The van der Waals surface area contributed by atoms with Gasteiger partial charge in [-0.1, -0.05) is 85.0 Å². The number of fused-ring (bicyclic) bond motifs is 2. The van der Waals surface area contributed by atoms with Crippen molar-refractivity contribution < 1.29 is 38.5 Å². The zero-order valence-electron chi connectivity index (χ0n) is 27.8. The van der Waals surface area contributed by atoms with Crippen molar-refractivity contribution in [2.75, 3.05) is 33.4 Å². The number of nitrogens with one attached hydrogen (secondary N) is 1. The largest absolute Gasteiger partial charge is 0.455 e. The summed E-state index contributed by atoms with van der Waals surface area (Å²) in [5, 5.41) is 12.4. The Hall–Kier alpha value is -4.32. The van der Waals surface area contributed by atoms with E-state index in [9.17, 15) is 24.3 Å². The first-order valence-corrected chi connectivity index (χ1v) is 17.2. The van der Waals surface area contributed by atoms with Crippen LogP contribution in [0, 0.1) is 11.8 Å². The number of carbonyl (C=O) groups is 4. The Morgan fingerprint density at radius 3 is 2.45 bits per heavy atom. The SMILES string of the molecule is COC[C@@H]1NC(=O)CC/C=C\[C@@H]2O[C@@]34C=CCN(Cc5ccccc5)C(=O)[C@@H]3N(CCCCCO)C(=O)[C@H]4[C@@H]2C(=O)O[C@H]1c1ccccc1. The molecule has 2 aromatic carbocycles. The predicted octanol–water partition coefficient (Wildman–Crippen LogP) is 3.09. The molecule has 7 atom stereocenters. The number of ether oxygens (including phenoxy) is 3. The Morgan fingerprint density at radius 1 is 0.959 bits per heavy atom. The molecule has 4 aliphatic heterocycles. The quantitative estimate of drug-likeness (QED) is 0.224. The maximum atomic E-state index is 14.7. The number of allylic oxidation sites excluding steroid dienone is 1. The number of hydrogen-bond donors (Lipinski definition) is 2. The van der Waals surface area contributed by atoms with Crippen molar-refractivity contribution in [3.05, 3.63) is 96.1 Å². The van der Waals surface area contributed by atoms with E-state index in [-0.39, 0.29) is 43.9 Å². The highest BCUT2D eigenvalue weighted by molar-refractivity contribution is 5.99. The van der Waals surface area contributed by atoms with Crippen LogP contribution >= 0.6 is 0 Å².